The maximum absolute atomic E-state index is 13.0. The van der Waals surface area contributed by atoms with E-state index in [1.54, 1.807) is 42.6 Å². The number of nitrogens with zero attached hydrogens (tertiary/aromatic N) is 2. The first kappa shape index (κ1) is 17.4. The minimum atomic E-state index is -0.451. The number of carbonyl (C=O) groups is 3. The van der Waals surface area contributed by atoms with Gasteiger partial charge in [-0.15, -0.1) is 0 Å². The Labute approximate surface area is 166 Å². The predicted molar refractivity (Wildman–Crippen MR) is 101 cm³/mol. The van der Waals surface area contributed by atoms with Gasteiger partial charge < -0.3 is 0 Å². The van der Waals surface area contributed by atoms with E-state index in [1.807, 2.05) is 6.07 Å². The summed E-state index contributed by atoms with van der Waals surface area (Å²) in [4.78, 5) is 42.5. The number of hydrogen-bond donors (Lipinski definition) is 1. The van der Waals surface area contributed by atoms with Gasteiger partial charge in [0.1, 0.15) is 5.15 Å². The van der Waals surface area contributed by atoms with Gasteiger partial charge in [0, 0.05) is 11.8 Å². The number of amides is 3. The van der Waals surface area contributed by atoms with Crippen LogP contribution in [0, 0.1) is 23.7 Å². The number of hydrazine groups is 1. The number of carbonyl (C=O) groups excluding carboxylic acids is 3. The second-order valence-electron chi connectivity index (χ2n) is 7.79. The third-order valence-electron chi connectivity index (χ3n) is 6.44. The first-order chi connectivity index (χ1) is 13.5. The van der Waals surface area contributed by atoms with E-state index in [0.29, 0.717) is 10.7 Å². The highest BCUT2D eigenvalue weighted by atomic mass is 35.5. The molecule has 3 fully saturated rings. The van der Waals surface area contributed by atoms with Crippen LogP contribution >= 0.6 is 11.6 Å². The van der Waals surface area contributed by atoms with E-state index in [1.165, 1.54) is 0 Å². The van der Waals surface area contributed by atoms with E-state index in [-0.39, 0.29) is 41.4 Å². The highest BCUT2D eigenvalue weighted by Crippen LogP contribution is 2.61. The second-order valence-corrected chi connectivity index (χ2v) is 8.17. The van der Waals surface area contributed by atoms with Gasteiger partial charge in [0.25, 0.3) is 17.7 Å². The quantitative estimate of drug-likeness (QED) is 0.640. The molecule has 1 N–H and O–H groups in total. The van der Waals surface area contributed by atoms with Gasteiger partial charge in [-0.05, 0) is 54.4 Å². The Hall–Kier alpha value is -2.73. The molecule has 2 aromatic rings. The lowest BCUT2D eigenvalue weighted by atomic mass is 9.73. The Bertz CT molecular complexity index is 963. The van der Waals surface area contributed by atoms with Crippen molar-refractivity contribution in [2.45, 2.75) is 18.8 Å². The zero-order chi connectivity index (χ0) is 19.4. The minimum Gasteiger partial charge on any atom is -0.272 e. The standard InChI is InChI=1S/C21H18ClN3O3/c22-16-7-6-12(10-23-16)14-8-13-9-15(14)18-17(13)20(27)25(21(18)28)24-19(26)11-4-2-1-3-5-11/h1-7,10,13-15,17-18H,8-9H2,(H,24,26)/t13-,14+,15-,17-,18+/m0/s1. The Kier molecular flexibility index (Phi) is 3.98. The highest BCUT2D eigenvalue weighted by Gasteiger charge is 2.64. The summed E-state index contributed by atoms with van der Waals surface area (Å²) in [7, 11) is 0. The van der Waals surface area contributed by atoms with E-state index in [4.69, 9.17) is 11.6 Å². The summed E-state index contributed by atoms with van der Waals surface area (Å²) in [5.74, 6) is -1.28. The van der Waals surface area contributed by atoms with Gasteiger partial charge in [-0.2, -0.15) is 5.01 Å². The Morgan fingerprint density at radius 1 is 1.04 bits per heavy atom. The number of aromatic nitrogens is 1. The topological polar surface area (TPSA) is 79.4 Å². The Morgan fingerprint density at radius 2 is 1.79 bits per heavy atom. The molecule has 1 saturated heterocycles. The first-order valence-electron chi connectivity index (χ1n) is 9.40. The lowest BCUT2D eigenvalue weighted by Crippen LogP contribution is -2.47. The summed E-state index contributed by atoms with van der Waals surface area (Å²) in [6, 6.07) is 12.3. The van der Waals surface area contributed by atoms with Crippen molar-refractivity contribution in [1.82, 2.24) is 15.4 Å². The molecule has 0 spiro atoms. The van der Waals surface area contributed by atoms with Crippen LogP contribution in [0.1, 0.15) is 34.7 Å². The number of pyridine rings is 1. The lowest BCUT2D eigenvalue weighted by molar-refractivity contribution is -0.143. The smallest absolute Gasteiger partial charge is 0.270 e. The number of benzene rings is 1. The van der Waals surface area contributed by atoms with E-state index in [0.717, 1.165) is 23.4 Å². The largest absolute Gasteiger partial charge is 0.272 e. The van der Waals surface area contributed by atoms with Crippen LogP contribution in [0.25, 0.3) is 0 Å². The molecular weight excluding hydrogens is 378 g/mol. The van der Waals surface area contributed by atoms with Crippen LogP contribution in [0.3, 0.4) is 0 Å². The maximum Gasteiger partial charge on any atom is 0.270 e. The summed E-state index contributed by atoms with van der Waals surface area (Å²) >= 11 is 5.89. The molecule has 1 aromatic heterocycles. The van der Waals surface area contributed by atoms with Gasteiger partial charge in [-0.1, -0.05) is 35.9 Å². The van der Waals surface area contributed by atoms with Crippen LogP contribution < -0.4 is 5.43 Å². The van der Waals surface area contributed by atoms with Crippen LogP contribution in [-0.2, 0) is 9.59 Å². The van der Waals surface area contributed by atoms with Gasteiger partial charge in [0.2, 0.25) is 0 Å². The van der Waals surface area contributed by atoms with E-state index in [2.05, 4.69) is 10.4 Å². The zero-order valence-electron chi connectivity index (χ0n) is 14.9. The summed E-state index contributed by atoms with van der Waals surface area (Å²) in [5.41, 5.74) is 3.99. The molecule has 5 rings (SSSR count). The molecule has 1 aliphatic heterocycles. The number of imide groups is 1. The zero-order valence-corrected chi connectivity index (χ0v) is 15.7. The van der Waals surface area contributed by atoms with Gasteiger partial charge >= 0.3 is 0 Å². The molecule has 6 nitrogen and oxygen atoms in total. The average Bonchev–Trinajstić information content (AvgIpc) is 3.37. The van der Waals surface area contributed by atoms with Gasteiger partial charge in [-0.25, -0.2) is 4.98 Å². The van der Waals surface area contributed by atoms with Crippen LogP contribution in [-0.4, -0.2) is 27.7 Å². The summed E-state index contributed by atoms with van der Waals surface area (Å²) in [6.07, 6.45) is 3.48. The monoisotopic (exact) mass is 395 g/mol. The number of fused-ring (bicyclic) bond motifs is 5. The van der Waals surface area contributed by atoms with Crippen molar-refractivity contribution < 1.29 is 14.4 Å². The molecule has 3 aliphatic rings. The van der Waals surface area contributed by atoms with E-state index < -0.39 is 5.91 Å². The van der Waals surface area contributed by atoms with Crippen molar-refractivity contribution in [3.63, 3.8) is 0 Å². The van der Waals surface area contributed by atoms with E-state index >= 15 is 0 Å². The normalized spacial score (nSPS) is 30.6. The van der Waals surface area contributed by atoms with Crippen molar-refractivity contribution in [3.8, 4) is 0 Å². The predicted octanol–water partition coefficient (Wildman–Crippen LogP) is 2.80. The summed E-state index contributed by atoms with van der Waals surface area (Å²) in [6.45, 7) is 0. The second kappa shape index (κ2) is 6.41. The van der Waals surface area contributed by atoms with Crippen LogP contribution in [0.4, 0.5) is 0 Å². The molecule has 28 heavy (non-hydrogen) atoms. The van der Waals surface area contributed by atoms with Crippen LogP contribution in [0.5, 0.6) is 0 Å². The molecule has 2 bridgehead atoms. The molecule has 142 valence electrons. The molecule has 1 aromatic carbocycles. The fourth-order valence-corrected chi connectivity index (χ4v) is 5.43. The number of nitrogens with one attached hydrogen (secondary N) is 1. The van der Waals surface area contributed by atoms with Gasteiger partial charge in [0.05, 0.1) is 11.8 Å². The summed E-state index contributed by atoms with van der Waals surface area (Å²) < 4.78 is 0. The fourth-order valence-electron chi connectivity index (χ4n) is 5.32. The molecule has 7 heteroatoms. The summed E-state index contributed by atoms with van der Waals surface area (Å²) in [5, 5.41) is 1.39. The van der Waals surface area contributed by atoms with Gasteiger partial charge in [0.15, 0.2) is 0 Å². The number of rotatable bonds is 3. The minimum absolute atomic E-state index is 0.0908. The highest BCUT2D eigenvalue weighted by molar-refractivity contribution is 6.29. The molecule has 5 atom stereocenters. The Balaban J connectivity index is 1.38. The molecule has 2 heterocycles. The van der Waals surface area contributed by atoms with Crippen LogP contribution in [0.15, 0.2) is 48.7 Å². The van der Waals surface area contributed by atoms with E-state index in [9.17, 15) is 14.4 Å². The first-order valence-corrected chi connectivity index (χ1v) is 9.77. The number of halogens is 1. The van der Waals surface area contributed by atoms with Crippen molar-refractivity contribution in [3.05, 3.63) is 64.9 Å². The fraction of sp³-hybridized carbons (Fsp3) is 0.333. The van der Waals surface area contributed by atoms with Crippen molar-refractivity contribution in [2.24, 2.45) is 23.7 Å². The SMILES string of the molecule is O=C(NN1C(=O)[C@@H]2[C@H]3C[C@H](C[C@@H]3c3ccc(Cl)nc3)[C@@H]2C1=O)c1ccccc1. The van der Waals surface area contributed by atoms with Crippen molar-refractivity contribution >= 4 is 29.3 Å². The molecule has 2 saturated carbocycles. The molecule has 3 amide bonds. The van der Waals surface area contributed by atoms with Crippen molar-refractivity contribution in [2.75, 3.05) is 0 Å². The van der Waals surface area contributed by atoms with Crippen LogP contribution in [0.2, 0.25) is 5.15 Å². The third kappa shape index (κ3) is 2.55. The van der Waals surface area contributed by atoms with Gasteiger partial charge in [-0.3, -0.25) is 19.8 Å². The molecular formula is C21H18ClN3O3. The van der Waals surface area contributed by atoms with Crippen molar-refractivity contribution in [1.29, 1.82) is 0 Å². The molecule has 0 radical (unpaired) electrons. The average molecular weight is 396 g/mol. The lowest BCUT2D eigenvalue weighted by Gasteiger charge is -2.28. The number of hydrogen-bond acceptors (Lipinski definition) is 4. The Morgan fingerprint density at radius 3 is 2.50 bits per heavy atom. The molecule has 2 aliphatic carbocycles. The maximum atomic E-state index is 13.0. The molecule has 0 unspecified atom stereocenters. The third-order valence-corrected chi connectivity index (χ3v) is 6.67.